The van der Waals surface area contributed by atoms with Crippen molar-refractivity contribution in [2.24, 2.45) is 0 Å². The Morgan fingerprint density at radius 1 is 1.41 bits per heavy atom. The second kappa shape index (κ2) is 4.25. The van der Waals surface area contributed by atoms with Crippen LogP contribution in [0.4, 0.5) is 5.69 Å². The summed E-state index contributed by atoms with van der Waals surface area (Å²) in [6.45, 7) is 0. The number of H-pyrrole nitrogens is 1. The van der Waals surface area contributed by atoms with E-state index in [2.05, 4.69) is 4.98 Å². The van der Waals surface area contributed by atoms with Gasteiger partial charge in [-0.1, -0.05) is 0 Å². The average Bonchev–Trinajstić information content (AvgIpc) is 2.67. The molecule has 6 heteroatoms. The van der Waals surface area contributed by atoms with Crippen LogP contribution in [-0.2, 0) is 11.2 Å². The van der Waals surface area contributed by atoms with E-state index in [4.69, 9.17) is 5.11 Å². The number of rotatable bonds is 4. The zero-order chi connectivity index (χ0) is 12.4. The van der Waals surface area contributed by atoms with Crippen molar-refractivity contribution < 1.29 is 14.8 Å². The molecule has 2 N–H and O–H groups in total. The van der Waals surface area contributed by atoms with Gasteiger partial charge in [0.2, 0.25) is 0 Å². The lowest BCUT2D eigenvalue weighted by Crippen LogP contribution is -1.97. The second-order valence-corrected chi connectivity index (χ2v) is 3.72. The second-order valence-electron chi connectivity index (χ2n) is 3.72. The molecule has 0 unspecified atom stereocenters. The molecule has 0 fully saturated rings. The average molecular weight is 234 g/mol. The lowest BCUT2D eigenvalue weighted by atomic mass is 10.2. The number of nitrogens with zero attached hydrogens (tertiary/aromatic N) is 1. The molecular formula is C11H10N2O4. The highest BCUT2D eigenvalue weighted by Crippen LogP contribution is 2.21. The number of carboxylic acid groups (broad SMARTS) is 1. The van der Waals surface area contributed by atoms with Crippen molar-refractivity contribution in [1.29, 1.82) is 0 Å². The van der Waals surface area contributed by atoms with Gasteiger partial charge in [-0.3, -0.25) is 14.9 Å². The van der Waals surface area contributed by atoms with E-state index in [9.17, 15) is 14.9 Å². The molecule has 0 saturated heterocycles. The molecule has 0 spiro atoms. The van der Waals surface area contributed by atoms with Gasteiger partial charge in [-0.05, 0) is 18.6 Å². The van der Waals surface area contributed by atoms with E-state index in [1.807, 2.05) is 0 Å². The van der Waals surface area contributed by atoms with Crippen LogP contribution in [0.2, 0.25) is 0 Å². The quantitative estimate of drug-likeness (QED) is 0.625. The van der Waals surface area contributed by atoms with Gasteiger partial charge in [0.15, 0.2) is 0 Å². The molecule has 0 saturated carbocycles. The molecule has 0 atom stereocenters. The Hall–Kier alpha value is -2.37. The summed E-state index contributed by atoms with van der Waals surface area (Å²) in [5, 5.41) is 19.9. The third kappa shape index (κ3) is 2.41. The smallest absolute Gasteiger partial charge is 0.303 e. The highest BCUT2D eigenvalue weighted by Gasteiger charge is 2.08. The number of aliphatic carboxylic acids is 1. The predicted molar refractivity (Wildman–Crippen MR) is 60.9 cm³/mol. The lowest BCUT2D eigenvalue weighted by molar-refractivity contribution is -0.384. The number of fused-ring (bicyclic) bond motifs is 1. The number of carboxylic acids is 1. The van der Waals surface area contributed by atoms with Crippen molar-refractivity contribution >= 4 is 22.6 Å². The number of carbonyl (C=O) groups is 1. The third-order valence-corrected chi connectivity index (χ3v) is 2.48. The van der Waals surface area contributed by atoms with E-state index in [1.54, 1.807) is 12.1 Å². The SMILES string of the molecule is O=C(O)CCc1cc2cc([N+](=O)[O-])ccc2[nH]1. The number of hydrogen-bond acceptors (Lipinski definition) is 3. The van der Waals surface area contributed by atoms with Gasteiger partial charge >= 0.3 is 5.97 Å². The van der Waals surface area contributed by atoms with E-state index >= 15 is 0 Å². The number of nitrogens with one attached hydrogen (secondary N) is 1. The van der Waals surface area contributed by atoms with Gasteiger partial charge in [0.1, 0.15) is 0 Å². The van der Waals surface area contributed by atoms with E-state index < -0.39 is 10.9 Å². The summed E-state index contributed by atoms with van der Waals surface area (Å²) < 4.78 is 0. The van der Waals surface area contributed by atoms with Gasteiger partial charge in [0.25, 0.3) is 5.69 Å². The van der Waals surface area contributed by atoms with Crippen LogP contribution in [-0.4, -0.2) is 21.0 Å². The predicted octanol–water partition coefficient (Wildman–Crippen LogP) is 2.09. The first-order valence-electron chi connectivity index (χ1n) is 5.04. The van der Waals surface area contributed by atoms with E-state index in [0.29, 0.717) is 6.42 Å². The fraction of sp³-hybridized carbons (Fsp3) is 0.182. The van der Waals surface area contributed by atoms with Gasteiger partial charge < -0.3 is 10.1 Å². The molecule has 2 aromatic rings. The third-order valence-electron chi connectivity index (χ3n) is 2.48. The van der Waals surface area contributed by atoms with Gasteiger partial charge in [0.05, 0.1) is 11.3 Å². The highest BCUT2D eigenvalue weighted by atomic mass is 16.6. The van der Waals surface area contributed by atoms with E-state index in [0.717, 1.165) is 16.6 Å². The van der Waals surface area contributed by atoms with Crippen molar-refractivity contribution in [1.82, 2.24) is 4.98 Å². The molecule has 0 amide bonds. The van der Waals surface area contributed by atoms with Gasteiger partial charge in [0, 0.05) is 28.7 Å². The molecule has 17 heavy (non-hydrogen) atoms. The molecule has 0 aliphatic rings. The molecular weight excluding hydrogens is 224 g/mol. The van der Waals surface area contributed by atoms with Crippen LogP contribution in [0.5, 0.6) is 0 Å². The van der Waals surface area contributed by atoms with Crippen LogP contribution in [0.1, 0.15) is 12.1 Å². The molecule has 0 aliphatic heterocycles. The normalized spacial score (nSPS) is 10.6. The number of aromatic nitrogens is 1. The first-order valence-corrected chi connectivity index (χ1v) is 5.04. The molecule has 0 aliphatic carbocycles. The number of non-ortho nitro benzene ring substituents is 1. The molecule has 6 nitrogen and oxygen atoms in total. The Labute approximate surface area is 96.0 Å². The summed E-state index contributed by atoms with van der Waals surface area (Å²) in [6.07, 6.45) is 0.423. The van der Waals surface area contributed by atoms with Crippen molar-refractivity contribution in [3.8, 4) is 0 Å². The maximum absolute atomic E-state index is 10.6. The van der Waals surface area contributed by atoms with Crippen molar-refractivity contribution in [3.63, 3.8) is 0 Å². The Balaban J connectivity index is 2.30. The molecule has 1 heterocycles. The molecule has 1 aromatic heterocycles. The number of aryl methyl sites for hydroxylation is 1. The standard InChI is InChI=1S/C11H10N2O4/c14-11(15)4-1-8-5-7-6-9(13(16)17)2-3-10(7)12-8/h2-3,5-6,12H,1,4H2,(H,14,15). The number of aromatic amines is 1. The van der Waals surface area contributed by atoms with E-state index in [-0.39, 0.29) is 12.1 Å². The van der Waals surface area contributed by atoms with Gasteiger partial charge in [-0.15, -0.1) is 0 Å². The minimum absolute atomic E-state index is 0.0290. The Kier molecular flexibility index (Phi) is 2.78. The van der Waals surface area contributed by atoms with Crippen molar-refractivity contribution in [2.75, 3.05) is 0 Å². The van der Waals surface area contributed by atoms with Crippen molar-refractivity contribution in [3.05, 3.63) is 40.1 Å². The monoisotopic (exact) mass is 234 g/mol. The summed E-state index contributed by atoms with van der Waals surface area (Å²) in [4.78, 5) is 23.6. The topological polar surface area (TPSA) is 96.2 Å². The van der Waals surface area contributed by atoms with Crippen LogP contribution in [0.3, 0.4) is 0 Å². The van der Waals surface area contributed by atoms with Crippen LogP contribution < -0.4 is 0 Å². The first kappa shape index (κ1) is 11.1. The number of benzene rings is 1. The van der Waals surface area contributed by atoms with E-state index in [1.165, 1.54) is 12.1 Å². The zero-order valence-electron chi connectivity index (χ0n) is 8.84. The van der Waals surface area contributed by atoms with Crippen molar-refractivity contribution in [2.45, 2.75) is 12.8 Å². The Bertz CT molecular complexity index is 588. The summed E-state index contributed by atoms with van der Waals surface area (Å²) in [5.74, 6) is -0.866. The fourth-order valence-corrected chi connectivity index (χ4v) is 1.67. The lowest BCUT2D eigenvalue weighted by Gasteiger charge is -1.91. The summed E-state index contributed by atoms with van der Waals surface area (Å²) in [5.41, 5.74) is 1.57. The van der Waals surface area contributed by atoms with Crippen LogP contribution in [0, 0.1) is 10.1 Å². The van der Waals surface area contributed by atoms with Crippen LogP contribution in [0.15, 0.2) is 24.3 Å². The minimum Gasteiger partial charge on any atom is -0.481 e. The molecule has 1 aromatic carbocycles. The molecule has 88 valence electrons. The number of nitro benzene ring substituents is 1. The molecule has 0 bridgehead atoms. The summed E-state index contributed by atoms with van der Waals surface area (Å²) in [7, 11) is 0. The zero-order valence-corrected chi connectivity index (χ0v) is 8.84. The Morgan fingerprint density at radius 2 is 2.18 bits per heavy atom. The van der Waals surface area contributed by atoms with Crippen LogP contribution in [0.25, 0.3) is 10.9 Å². The largest absolute Gasteiger partial charge is 0.481 e. The van der Waals surface area contributed by atoms with Crippen LogP contribution >= 0.6 is 0 Å². The maximum atomic E-state index is 10.6. The first-order chi connectivity index (χ1) is 8.06. The maximum Gasteiger partial charge on any atom is 0.303 e. The molecule has 0 radical (unpaired) electrons. The molecule has 2 rings (SSSR count). The number of nitro groups is 1. The van der Waals surface area contributed by atoms with Gasteiger partial charge in [-0.25, -0.2) is 0 Å². The fourth-order valence-electron chi connectivity index (χ4n) is 1.67. The minimum atomic E-state index is -0.866. The Morgan fingerprint density at radius 3 is 2.82 bits per heavy atom. The number of hydrogen-bond donors (Lipinski definition) is 2. The summed E-state index contributed by atoms with van der Waals surface area (Å²) in [6, 6.07) is 6.25. The summed E-state index contributed by atoms with van der Waals surface area (Å²) >= 11 is 0. The highest BCUT2D eigenvalue weighted by molar-refractivity contribution is 5.82. The van der Waals surface area contributed by atoms with Gasteiger partial charge in [-0.2, -0.15) is 0 Å².